The fourth-order valence-electron chi connectivity index (χ4n) is 1.69. The van der Waals surface area contributed by atoms with E-state index in [1.165, 1.54) is 6.33 Å². The van der Waals surface area contributed by atoms with Crippen molar-refractivity contribution in [3.05, 3.63) is 47.2 Å². The smallest absolute Gasteiger partial charge is 0.151 e. The zero-order valence-corrected chi connectivity index (χ0v) is 11.1. The Balaban J connectivity index is 2.31. The number of aromatic nitrogens is 2. The first-order valence-electron chi connectivity index (χ1n) is 5.60. The molecule has 1 aromatic carbocycles. The molecule has 3 N–H and O–H groups in total. The van der Waals surface area contributed by atoms with Gasteiger partial charge in [-0.15, -0.1) is 0 Å². The minimum absolute atomic E-state index is 0.276. The van der Waals surface area contributed by atoms with Gasteiger partial charge in [-0.1, -0.05) is 41.9 Å². The number of hydrogen-bond acceptors (Lipinski definition) is 4. The Hall–Kier alpha value is -1.81. The molecule has 0 saturated heterocycles. The van der Waals surface area contributed by atoms with Crippen LogP contribution >= 0.6 is 11.6 Å². The molecule has 1 heterocycles. The Labute approximate surface area is 111 Å². The van der Waals surface area contributed by atoms with Crippen LogP contribution in [0.3, 0.4) is 0 Å². The molecule has 0 aliphatic carbocycles. The molecule has 0 spiro atoms. The summed E-state index contributed by atoms with van der Waals surface area (Å²) in [6, 6.07) is 10.1. The third-order valence-corrected chi connectivity index (χ3v) is 3.12. The molecule has 0 aliphatic heterocycles. The molecular formula is C13H15ClN4. The molecule has 0 radical (unpaired) electrons. The number of rotatable bonds is 3. The van der Waals surface area contributed by atoms with Gasteiger partial charge in [0.25, 0.3) is 0 Å². The summed E-state index contributed by atoms with van der Waals surface area (Å²) in [6.07, 6.45) is 1.39. The molecular weight excluding hydrogens is 248 g/mol. The van der Waals surface area contributed by atoms with E-state index in [9.17, 15) is 0 Å². The maximum absolute atomic E-state index is 6.07. The van der Waals surface area contributed by atoms with E-state index < -0.39 is 0 Å². The largest absolute Gasteiger partial charge is 0.382 e. The van der Waals surface area contributed by atoms with Crippen molar-refractivity contribution in [2.24, 2.45) is 0 Å². The van der Waals surface area contributed by atoms with Crippen molar-refractivity contribution in [3.8, 4) is 0 Å². The highest BCUT2D eigenvalue weighted by atomic mass is 35.5. The Morgan fingerprint density at radius 1 is 1.17 bits per heavy atom. The van der Waals surface area contributed by atoms with E-state index in [-0.39, 0.29) is 11.4 Å². The Bertz CT molecular complexity index is 540. The van der Waals surface area contributed by atoms with Crippen LogP contribution in [0.15, 0.2) is 36.7 Å². The van der Waals surface area contributed by atoms with E-state index in [1.54, 1.807) is 0 Å². The van der Waals surface area contributed by atoms with Crippen molar-refractivity contribution in [1.82, 2.24) is 9.97 Å². The Kier molecular flexibility index (Phi) is 3.39. The van der Waals surface area contributed by atoms with Gasteiger partial charge in [-0.05, 0) is 19.4 Å². The molecule has 5 heteroatoms. The summed E-state index contributed by atoms with van der Waals surface area (Å²) in [5.74, 6) is 0.816. The second-order valence-corrected chi connectivity index (χ2v) is 4.92. The van der Waals surface area contributed by atoms with Crippen molar-refractivity contribution in [3.63, 3.8) is 0 Å². The number of nitrogens with one attached hydrogen (secondary N) is 1. The summed E-state index contributed by atoms with van der Waals surface area (Å²) in [6.45, 7) is 4.11. The van der Waals surface area contributed by atoms with Gasteiger partial charge < -0.3 is 11.1 Å². The van der Waals surface area contributed by atoms with Gasteiger partial charge in [0.05, 0.1) is 5.54 Å². The van der Waals surface area contributed by atoms with Crippen LogP contribution in [-0.4, -0.2) is 9.97 Å². The summed E-state index contributed by atoms with van der Waals surface area (Å²) in [5, 5.41) is 3.63. The molecule has 94 valence electrons. The van der Waals surface area contributed by atoms with Crippen molar-refractivity contribution < 1.29 is 0 Å². The van der Waals surface area contributed by atoms with Gasteiger partial charge in [-0.3, -0.25) is 0 Å². The van der Waals surface area contributed by atoms with Crippen LogP contribution in [-0.2, 0) is 5.54 Å². The lowest BCUT2D eigenvalue weighted by atomic mass is 9.94. The van der Waals surface area contributed by atoms with Crippen molar-refractivity contribution in [2.45, 2.75) is 19.4 Å². The van der Waals surface area contributed by atoms with Crippen molar-refractivity contribution in [1.29, 1.82) is 0 Å². The lowest BCUT2D eigenvalue weighted by molar-refractivity contribution is 0.606. The molecule has 0 atom stereocenters. The molecule has 1 aromatic heterocycles. The first-order valence-corrected chi connectivity index (χ1v) is 5.98. The van der Waals surface area contributed by atoms with Crippen LogP contribution in [0.1, 0.15) is 19.4 Å². The van der Waals surface area contributed by atoms with Gasteiger partial charge >= 0.3 is 0 Å². The van der Waals surface area contributed by atoms with Crippen LogP contribution in [0, 0.1) is 0 Å². The number of nitrogens with two attached hydrogens (primary N) is 1. The van der Waals surface area contributed by atoms with Gasteiger partial charge in [-0.25, -0.2) is 9.97 Å². The number of halogens is 1. The van der Waals surface area contributed by atoms with Crippen LogP contribution < -0.4 is 11.1 Å². The monoisotopic (exact) mass is 262 g/mol. The normalized spacial score (nSPS) is 11.3. The zero-order chi connectivity index (χ0) is 13.2. The summed E-state index contributed by atoms with van der Waals surface area (Å²) in [7, 11) is 0. The van der Waals surface area contributed by atoms with Gasteiger partial charge in [0.15, 0.2) is 5.82 Å². The number of nitrogens with zero attached hydrogens (tertiary/aromatic N) is 2. The van der Waals surface area contributed by atoms with Crippen LogP contribution in [0.2, 0.25) is 5.02 Å². The van der Waals surface area contributed by atoms with Gasteiger partial charge in [-0.2, -0.15) is 0 Å². The van der Waals surface area contributed by atoms with E-state index in [0.29, 0.717) is 10.8 Å². The highest BCUT2D eigenvalue weighted by Crippen LogP contribution is 2.30. The summed E-state index contributed by atoms with van der Waals surface area (Å²) in [4.78, 5) is 7.95. The predicted molar refractivity (Wildman–Crippen MR) is 74.5 cm³/mol. The van der Waals surface area contributed by atoms with E-state index in [4.69, 9.17) is 17.3 Å². The van der Waals surface area contributed by atoms with E-state index >= 15 is 0 Å². The van der Waals surface area contributed by atoms with Crippen LogP contribution in [0.5, 0.6) is 0 Å². The van der Waals surface area contributed by atoms with Gasteiger partial charge in [0, 0.05) is 0 Å². The molecule has 0 saturated carbocycles. The quantitative estimate of drug-likeness (QED) is 0.892. The first kappa shape index (κ1) is 12.6. The highest BCUT2D eigenvalue weighted by Gasteiger charge is 2.22. The summed E-state index contributed by atoms with van der Waals surface area (Å²) < 4.78 is 0. The fraction of sp³-hybridized carbons (Fsp3) is 0.231. The second-order valence-electron chi connectivity index (χ2n) is 4.54. The topological polar surface area (TPSA) is 63.8 Å². The van der Waals surface area contributed by atoms with Crippen molar-refractivity contribution in [2.75, 3.05) is 11.1 Å². The lowest BCUT2D eigenvalue weighted by Crippen LogP contribution is -2.28. The number of nitrogen functional groups attached to an aromatic ring is 1. The molecule has 2 rings (SSSR count). The van der Waals surface area contributed by atoms with Gasteiger partial charge in [0.1, 0.15) is 17.2 Å². The summed E-state index contributed by atoms with van der Waals surface area (Å²) >= 11 is 6.07. The number of anilines is 2. The molecule has 4 nitrogen and oxygen atoms in total. The average molecular weight is 263 g/mol. The standard InChI is InChI=1S/C13H15ClN4/c1-13(2,9-6-4-3-5-7-9)18-12-10(14)11(15)16-8-17-12/h3-8H,1-2H3,(H3,15,16,17,18). The Morgan fingerprint density at radius 3 is 2.50 bits per heavy atom. The average Bonchev–Trinajstić information content (AvgIpc) is 2.36. The molecule has 0 bridgehead atoms. The third kappa shape index (κ3) is 2.54. The molecule has 18 heavy (non-hydrogen) atoms. The van der Waals surface area contributed by atoms with Crippen LogP contribution in [0.4, 0.5) is 11.6 Å². The zero-order valence-electron chi connectivity index (χ0n) is 10.3. The minimum atomic E-state index is -0.300. The minimum Gasteiger partial charge on any atom is -0.382 e. The maximum Gasteiger partial charge on any atom is 0.151 e. The highest BCUT2D eigenvalue weighted by molar-refractivity contribution is 6.35. The molecule has 0 fully saturated rings. The fourth-order valence-corrected chi connectivity index (χ4v) is 1.84. The van der Waals surface area contributed by atoms with E-state index in [1.807, 2.05) is 30.3 Å². The molecule has 0 aliphatic rings. The SMILES string of the molecule is CC(C)(Nc1ncnc(N)c1Cl)c1ccccc1. The lowest BCUT2D eigenvalue weighted by Gasteiger charge is -2.28. The number of benzene rings is 1. The maximum atomic E-state index is 6.07. The third-order valence-electron chi connectivity index (χ3n) is 2.74. The van der Waals surface area contributed by atoms with E-state index in [0.717, 1.165) is 5.56 Å². The summed E-state index contributed by atoms with van der Waals surface area (Å²) in [5.41, 5.74) is 6.49. The predicted octanol–water partition coefficient (Wildman–Crippen LogP) is 3.06. The van der Waals surface area contributed by atoms with E-state index in [2.05, 4.69) is 29.1 Å². The van der Waals surface area contributed by atoms with Crippen LogP contribution in [0.25, 0.3) is 0 Å². The first-order chi connectivity index (χ1) is 8.50. The van der Waals surface area contributed by atoms with Gasteiger partial charge in [0.2, 0.25) is 0 Å². The van der Waals surface area contributed by atoms with Crippen molar-refractivity contribution >= 4 is 23.2 Å². The second kappa shape index (κ2) is 4.82. The molecule has 0 amide bonds. The number of hydrogen-bond donors (Lipinski definition) is 2. The molecule has 2 aromatic rings. The Morgan fingerprint density at radius 2 is 1.83 bits per heavy atom. The molecule has 0 unspecified atom stereocenters.